The first kappa shape index (κ1) is 17.7. The molecule has 0 unspecified atom stereocenters. The Morgan fingerprint density at radius 1 is 0.963 bits per heavy atom. The van der Waals surface area contributed by atoms with Crippen LogP contribution in [-0.2, 0) is 12.6 Å². The second-order valence-corrected chi connectivity index (χ2v) is 6.61. The van der Waals surface area contributed by atoms with Gasteiger partial charge in [-0.1, -0.05) is 0 Å². The molecule has 0 saturated carbocycles. The van der Waals surface area contributed by atoms with Crippen LogP contribution >= 0.6 is 0 Å². The van der Waals surface area contributed by atoms with Crippen LogP contribution in [0.4, 0.5) is 18.9 Å². The number of rotatable bonds is 1. The van der Waals surface area contributed by atoms with Gasteiger partial charge in [-0.2, -0.15) is 13.2 Å². The first-order chi connectivity index (χ1) is 12.9. The zero-order valence-electron chi connectivity index (χ0n) is 14.5. The monoisotopic (exact) mass is 377 g/mol. The topological polar surface area (TPSA) is 38.8 Å². The summed E-state index contributed by atoms with van der Waals surface area (Å²) in [7, 11) is 0. The number of carbonyl (C=O) groups excluding carboxylic acids is 1. The van der Waals surface area contributed by atoms with E-state index in [1.807, 2.05) is 0 Å². The quantitative estimate of drug-likeness (QED) is 0.737. The minimum atomic E-state index is -4.39. The fraction of sp³-hybridized carbons (Fsp3) is 0.350. The molecule has 2 heterocycles. The van der Waals surface area contributed by atoms with Crippen LogP contribution < -0.4 is 14.4 Å². The lowest BCUT2D eigenvalue weighted by atomic mass is 9.98. The molecule has 2 aliphatic rings. The van der Waals surface area contributed by atoms with Gasteiger partial charge in [-0.3, -0.25) is 4.79 Å². The number of amides is 1. The number of aryl methyl sites for hydroxylation is 1. The Morgan fingerprint density at radius 2 is 1.74 bits per heavy atom. The molecule has 0 bridgehead atoms. The molecule has 0 spiro atoms. The molecule has 0 fully saturated rings. The van der Waals surface area contributed by atoms with E-state index < -0.39 is 11.7 Å². The predicted octanol–water partition coefficient (Wildman–Crippen LogP) is 4.46. The Balaban J connectivity index is 1.65. The highest BCUT2D eigenvalue weighted by molar-refractivity contribution is 6.07. The molecular formula is C20H18F3NO3. The van der Waals surface area contributed by atoms with Gasteiger partial charge in [-0.15, -0.1) is 0 Å². The van der Waals surface area contributed by atoms with Gasteiger partial charge in [0.1, 0.15) is 0 Å². The van der Waals surface area contributed by atoms with Crippen molar-refractivity contribution < 1.29 is 27.4 Å². The molecule has 0 aliphatic carbocycles. The van der Waals surface area contributed by atoms with Crippen LogP contribution in [0.5, 0.6) is 11.5 Å². The second-order valence-electron chi connectivity index (χ2n) is 6.61. The molecule has 7 heteroatoms. The van der Waals surface area contributed by atoms with E-state index in [0.29, 0.717) is 60.9 Å². The van der Waals surface area contributed by atoms with Crippen LogP contribution in [0, 0.1) is 0 Å². The SMILES string of the molecule is O=C(c1ccc2c(c1)OCCCO2)N1CCCc2cc(C(F)(F)F)ccc21. The number of carbonyl (C=O) groups is 1. The minimum absolute atomic E-state index is 0.258. The summed E-state index contributed by atoms with van der Waals surface area (Å²) in [6.45, 7) is 1.53. The normalized spacial score (nSPS) is 16.5. The summed E-state index contributed by atoms with van der Waals surface area (Å²) < 4.78 is 50.1. The average Bonchev–Trinajstić information content (AvgIpc) is 2.90. The molecule has 0 aromatic heterocycles. The van der Waals surface area contributed by atoms with Crippen molar-refractivity contribution in [3.05, 3.63) is 53.1 Å². The lowest BCUT2D eigenvalue weighted by Crippen LogP contribution is -2.35. The Kier molecular flexibility index (Phi) is 4.45. The standard InChI is InChI=1S/C20H18F3NO3/c21-20(22,23)15-5-6-16-13(11-15)3-1-8-24(16)19(25)14-4-7-17-18(12-14)27-10-2-9-26-17/h4-7,11-12H,1-3,8-10H2. The predicted molar refractivity (Wildman–Crippen MR) is 93.5 cm³/mol. The third-order valence-electron chi connectivity index (χ3n) is 4.77. The number of alkyl halides is 3. The number of anilines is 1. The van der Waals surface area contributed by atoms with Crippen molar-refractivity contribution in [3.8, 4) is 11.5 Å². The van der Waals surface area contributed by atoms with Crippen LogP contribution in [0.3, 0.4) is 0 Å². The average molecular weight is 377 g/mol. The van der Waals surface area contributed by atoms with Gasteiger partial charge >= 0.3 is 6.18 Å². The Bertz CT molecular complexity index is 879. The number of halogens is 3. The zero-order chi connectivity index (χ0) is 19.0. The molecule has 2 aromatic rings. The van der Waals surface area contributed by atoms with Gasteiger partial charge in [-0.25, -0.2) is 0 Å². The summed E-state index contributed by atoms with van der Waals surface area (Å²) in [6.07, 6.45) is -2.50. The molecular weight excluding hydrogens is 359 g/mol. The molecule has 1 amide bonds. The maximum absolute atomic E-state index is 13.0. The molecule has 2 aromatic carbocycles. The summed E-state index contributed by atoms with van der Waals surface area (Å²) in [6, 6.07) is 8.56. The van der Waals surface area contributed by atoms with Crippen molar-refractivity contribution in [2.24, 2.45) is 0 Å². The van der Waals surface area contributed by atoms with E-state index in [9.17, 15) is 18.0 Å². The summed E-state index contributed by atoms with van der Waals surface area (Å²) in [5, 5.41) is 0. The highest BCUT2D eigenvalue weighted by Crippen LogP contribution is 2.36. The Labute approximate surface area is 154 Å². The summed E-state index contributed by atoms with van der Waals surface area (Å²) in [4.78, 5) is 14.6. The van der Waals surface area contributed by atoms with E-state index in [1.54, 1.807) is 18.2 Å². The first-order valence-electron chi connectivity index (χ1n) is 8.85. The maximum Gasteiger partial charge on any atom is 0.416 e. The van der Waals surface area contributed by atoms with Crippen LogP contribution in [0.1, 0.15) is 34.3 Å². The number of hydrogen-bond donors (Lipinski definition) is 0. The molecule has 142 valence electrons. The molecule has 0 radical (unpaired) electrons. The highest BCUT2D eigenvalue weighted by Gasteiger charge is 2.33. The number of ether oxygens (including phenoxy) is 2. The Hall–Kier alpha value is -2.70. The first-order valence-corrected chi connectivity index (χ1v) is 8.85. The van der Waals surface area contributed by atoms with E-state index in [4.69, 9.17) is 9.47 Å². The van der Waals surface area contributed by atoms with Gasteiger partial charge in [0, 0.05) is 24.2 Å². The van der Waals surface area contributed by atoms with E-state index in [0.717, 1.165) is 18.6 Å². The lowest BCUT2D eigenvalue weighted by Gasteiger charge is -2.30. The fourth-order valence-electron chi connectivity index (χ4n) is 3.44. The minimum Gasteiger partial charge on any atom is -0.490 e. The molecule has 0 saturated heterocycles. The van der Waals surface area contributed by atoms with Crippen molar-refractivity contribution in [1.29, 1.82) is 0 Å². The molecule has 27 heavy (non-hydrogen) atoms. The van der Waals surface area contributed by atoms with Crippen molar-refractivity contribution >= 4 is 11.6 Å². The molecule has 0 N–H and O–H groups in total. The van der Waals surface area contributed by atoms with Gasteiger partial charge in [-0.05, 0) is 54.8 Å². The van der Waals surface area contributed by atoms with Gasteiger partial charge in [0.15, 0.2) is 11.5 Å². The van der Waals surface area contributed by atoms with E-state index in [2.05, 4.69) is 0 Å². The summed E-state index contributed by atoms with van der Waals surface area (Å²) >= 11 is 0. The third-order valence-corrected chi connectivity index (χ3v) is 4.77. The molecule has 2 aliphatic heterocycles. The number of benzene rings is 2. The highest BCUT2D eigenvalue weighted by atomic mass is 19.4. The number of hydrogen-bond acceptors (Lipinski definition) is 3. The molecule has 4 rings (SSSR count). The number of fused-ring (bicyclic) bond motifs is 2. The van der Waals surface area contributed by atoms with Crippen molar-refractivity contribution in [2.75, 3.05) is 24.7 Å². The van der Waals surface area contributed by atoms with Crippen molar-refractivity contribution in [1.82, 2.24) is 0 Å². The smallest absolute Gasteiger partial charge is 0.416 e. The Morgan fingerprint density at radius 3 is 2.52 bits per heavy atom. The lowest BCUT2D eigenvalue weighted by molar-refractivity contribution is -0.137. The van der Waals surface area contributed by atoms with E-state index >= 15 is 0 Å². The number of nitrogens with zero attached hydrogens (tertiary/aromatic N) is 1. The molecule has 4 nitrogen and oxygen atoms in total. The van der Waals surface area contributed by atoms with Crippen LogP contribution in [0.15, 0.2) is 36.4 Å². The summed E-state index contributed by atoms with van der Waals surface area (Å²) in [5.41, 5.74) is 0.809. The van der Waals surface area contributed by atoms with Crippen LogP contribution in [0.25, 0.3) is 0 Å². The van der Waals surface area contributed by atoms with Gasteiger partial charge < -0.3 is 14.4 Å². The van der Waals surface area contributed by atoms with E-state index in [1.165, 1.54) is 11.0 Å². The largest absolute Gasteiger partial charge is 0.490 e. The van der Waals surface area contributed by atoms with E-state index in [-0.39, 0.29) is 5.91 Å². The zero-order valence-corrected chi connectivity index (χ0v) is 14.5. The fourth-order valence-corrected chi connectivity index (χ4v) is 3.44. The van der Waals surface area contributed by atoms with Gasteiger partial charge in [0.25, 0.3) is 5.91 Å². The van der Waals surface area contributed by atoms with Gasteiger partial charge in [0.2, 0.25) is 0 Å². The summed E-state index contributed by atoms with van der Waals surface area (Å²) in [5.74, 6) is 0.854. The van der Waals surface area contributed by atoms with Crippen molar-refractivity contribution in [3.63, 3.8) is 0 Å². The van der Waals surface area contributed by atoms with Crippen LogP contribution in [-0.4, -0.2) is 25.7 Å². The molecule has 0 atom stereocenters. The third kappa shape index (κ3) is 3.46. The van der Waals surface area contributed by atoms with Crippen LogP contribution in [0.2, 0.25) is 0 Å². The maximum atomic E-state index is 13.0. The van der Waals surface area contributed by atoms with Crippen molar-refractivity contribution in [2.45, 2.75) is 25.4 Å². The second kappa shape index (κ2) is 6.79. The van der Waals surface area contributed by atoms with Gasteiger partial charge in [0.05, 0.1) is 18.8 Å².